The van der Waals surface area contributed by atoms with E-state index in [1.165, 1.54) is 10.5 Å². The molecule has 1 aliphatic heterocycles. The first-order valence-corrected chi connectivity index (χ1v) is 10.1. The first kappa shape index (κ1) is 18.6. The van der Waals surface area contributed by atoms with Crippen LogP contribution in [0.2, 0.25) is 0 Å². The lowest BCUT2D eigenvalue weighted by molar-refractivity contribution is -0.123. The molecule has 1 N–H and O–H groups in total. The number of allylic oxidation sites excluding steroid dienone is 2. The molecule has 2 fully saturated rings. The maximum atomic E-state index is 13.0. The van der Waals surface area contributed by atoms with Gasteiger partial charge in [-0.25, -0.2) is 0 Å². The molecule has 2 aromatic carbocycles. The van der Waals surface area contributed by atoms with E-state index in [4.69, 9.17) is 4.74 Å². The summed E-state index contributed by atoms with van der Waals surface area (Å²) in [5.41, 5.74) is 2.82. The van der Waals surface area contributed by atoms with Crippen LogP contribution in [-0.4, -0.2) is 24.8 Å². The van der Waals surface area contributed by atoms with E-state index < -0.39 is 0 Å². The Kier molecular flexibility index (Phi) is 4.24. The summed E-state index contributed by atoms with van der Waals surface area (Å²) in [4.78, 5) is 39.9. The van der Waals surface area contributed by atoms with Crippen LogP contribution >= 0.6 is 0 Å². The molecular formula is C24H22N2O4. The number of amides is 3. The van der Waals surface area contributed by atoms with Crippen LogP contribution in [0.5, 0.6) is 5.75 Å². The molecule has 6 heteroatoms. The maximum Gasteiger partial charge on any atom is 0.255 e. The highest BCUT2D eigenvalue weighted by atomic mass is 16.5. The number of fused-ring (bicyclic) bond motifs is 5. The molecule has 0 unspecified atom stereocenters. The summed E-state index contributed by atoms with van der Waals surface area (Å²) in [5.74, 6) is 0.0462. The zero-order chi connectivity index (χ0) is 21.0. The standard InChI is InChI=1S/C24H22N2O4/c1-13-10-15-11-19(13)21-20(15)23(28)26(24(21)29)17-8-6-14(7-9-17)22(27)25-16-4-3-5-18(12-16)30-2/h3-10,12,15,19-21H,11H2,1-2H3,(H,25,27)/t15-,19+,20-,21-/m0/s1. The van der Waals surface area contributed by atoms with Gasteiger partial charge in [-0.1, -0.05) is 17.7 Å². The number of imide groups is 1. The minimum Gasteiger partial charge on any atom is -0.497 e. The average molecular weight is 402 g/mol. The molecule has 6 nitrogen and oxygen atoms in total. The highest BCUT2D eigenvalue weighted by Crippen LogP contribution is 2.55. The summed E-state index contributed by atoms with van der Waals surface area (Å²) >= 11 is 0. The molecule has 2 bridgehead atoms. The van der Waals surface area contributed by atoms with E-state index in [0.717, 1.165) is 6.42 Å². The second-order valence-electron chi connectivity index (χ2n) is 8.21. The Balaban J connectivity index is 1.34. The van der Waals surface area contributed by atoms with E-state index in [-0.39, 0.29) is 41.4 Å². The van der Waals surface area contributed by atoms with Gasteiger partial charge in [-0.3, -0.25) is 19.3 Å². The number of anilines is 2. The van der Waals surface area contributed by atoms with Crippen molar-refractivity contribution >= 4 is 29.1 Å². The van der Waals surface area contributed by atoms with Crippen molar-refractivity contribution in [3.05, 3.63) is 65.7 Å². The van der Waals surface area contributed by atoms with Crippen LogP contribution < -0.4 is 15.0 Å². The number of hydrogen-bond acceptors (Lipinski definition) is 4. The van der Waals surface area contributed by atoms with Crippen LogP contribution in [0.15, 0.2) is 60.2 Å². The quantitative estimate of drug-likeness (QED) is 0.626. The van der Waals surface area contributed by atoms with Gasteiger partial charge in [-0.05, 0) is 61.6 Å². The molecule has 152 valence electrons. The number of nitrogens with zero attached hydrogens (tertiary/aromatic N) is 1. The van der Waals surface area contributed by atoms with Gasteiger partial charge < -0.3 is 10.1 Å². The van der Waals surface area contributed by atoms with Crippen molar-refractivity contribution < 1.29 is 19.1 Å². The van der Waals surface area contributed by atoms with E-state index in [9.17, 15) is 14.4 Å². The van der Waals surface area contributed by atoms with Crippen molar-refractivity contribution in [2.45, 2.75) is 13.3 Å². The second kappa shape index (κ2) is 6.83. The Morgan fingerprint density at radius 2 is 1.80 bits per heavy atom. The number of nitrogens with one attached hydrogen (secondary N) is 1. The van der Waals surface area contributed by atoms with E-state index in [1.807, 2.05) is 0 Å². The fraction of sp³-hybridized carbons (Fsp3) is 0.292. The van der Waals surface area contributed by atoms with Gasteiger partial charge in [0.1, 0.15) is 5.75 Å². The lowest BCUT2D eigenvalue weighted by Gasteiger charge is -2.19. The average Bonchev–Trinajstić information content (AvgIpc) is 3.38. The summed E-state index contributed by atoms with van der Waals surface area (Å²) < 4.78 is 5.17. The predicted molar refractivity (Wildman–Crippen MR) is 112 cm³/mol. The molecular weight excluding hydrogens is 380 g/mol. The molecule has 0 radical (unpaired) electrons. The zero-order valence-electron chi connectivity index (χ0n) is 16.8. The summed E-state index contributed by atoms with van der Waals surface area (Å²) in [6.07, 6.45) is 3.07. The predicted octanol–water partition coefficient (Wildman–Crippen LogP) is 3.65. The minimum absolute atomic E-state index is 0.112. The fourth-order valence-electron chi connectivity index (χ4n) is 5.19. The van der Waals surface area contributed by atoms with E-state index in [1.54, 1.807) is 55.6 Å². The molecule has 0 spiro atoms. The highest BCUT2D eigenvalue weighted by molar-refractivity contribution is 6.23. The number of hydrogen-bond donors (Lipinski definition) is 1. The van der Waals surface area contributed by atoms with Gasteiger partial charge in [0, 0.05) is 17.3 Å². The zero-order valence-corrected chi connectivity index (χ0v) is 16.8. The molecule has 1 saturated carbocycles. The molecule has 3 amide bonds. The third-order valence-electron chi connectivity index (χ3n) is 6.60. The van der Waals surface area contributed by atoms with Crippen LogP contribution in [0.25, 0.3) is 0 Å². The fourth-order valence-corrected chi connectivity index (χ4v) is 5.19. The normalized spacial score (nSPS) is 26.6. The molecule has 2 aliphatic carbocycles. The van der Waals surface area contributed by atoms with Gasteiger partial charge in [-0.15, -0.1) is 0 Å². The van der Waals surface area contributed by atoms with Crippen LogP contribution in [0.3, 0.4) is 0 Å². The number of carbonyl (C=O) groups excluding carboxylic acids is 3. The largest absolute Gasteiger partial charge is 0.497 e. The Bertz CT molecular complexity index is 1090. The minimum atomic E-state index is -0.274. The van der Waals surface area contributed by atoms with Crippen LogP contribution in [0.4, 0.5) is 11.4 Å². The van der Waals surface area contributed by atoms with Crippen LogP contribution in [0.1, 0.15) is 23.7 Å². The lowest BCUT2D eigenvalue weighted by Crippen LogP contribution is -2.33. The van der Waals surface area contributed by atoms with E-state index in [2.05, 4.69) is 18.3 Å². The number of carbonyl (C=O) groups is 3. The molecule has 0 aromatic heterocycles. The molecule has 2 aromatic rings. The number of methoxy groups -OCH3 is 1. The van der Waals surface area contributed by atoms with Gasteiger partial charge in [0.2, 0.25) is 11.8 Å². The topological polar surface area (TPSA) is 75.7 Å². The van der Waals surface area contributed by atoms with Gasteiger partial charge >= 0.3 is 0 Å². The first-order chi connectivity index (χ1) is 14.5. The Morgan fingerprint density at radius 1 is 1.07 bits per heavy atom. The van der Waals surface area contributed by atoms with Gasteiger partial charge in [-0.2, -0.15) is 0 Å². The van der Waals surface area contributed by atoms with Gasteiger partial charge in [0.15, 0.2) is 0 Å². The highest BCUT2D eigenvalue weighted by Gasteiger charge is 2.60. The summed E-state index contributed by atoms with van der Waals surface area (Å²) in [6, 6.07) is 13.7. The third kappa shape index (κ3) is 2.75. The smallest absolute Gasteiger partial charge is 0.255 e. The van der Waals surface area contributed by atoms with Crippen molar-refractivity contribution in [3.8, 4) is 5.75 Å². The number of benzene rings is 2. The molecule has 30 heavy (non-hydrogen) atoms. The van der Waals surface area contributed by atoms with Crippen molar-refractivity contribution in [3.63, 3.8) is 0 Å². The monoisotopic (exact) mass is 402 g/mol. The Morgan fingerprint density at radius 3 is 2.53 bits per heavy atom. The van der Waals surface area contributed by atoms with Crippen molar-refractivity contribution in [1.82, 2.24) is 0 Å². The number of ether oxygens (including phenoxy) is 1. The molecule has 1 saturated heterocycles. The van der Waals surface area contributed by atoms with Crippen LogP contribution in [-0.2, 0) is 9.59 Å². The van der Waals surface area contributed by atoms with Crippen LogP contribution in [0, 0.1) is 23.7 Å². The first-order valence-electron chi connectivity index (χ1n) is 10.1. The Labute approximate surface area is 174 Å². The van der Waals surface area contributed by atoms with E-state index >= 15 is 0 Å². The molecule has 3 aliphatic rings. The summed E-state index contributed by atoms with van der Waals surface area (Å²) in [6.45, 7) is 2.05. The van der Waals surface area contributed by atoms with Crippen molar-refractivity contribution in [2.24, 2.45) is 23.7 Å². The molecule has 1 heterocycles. The number of rotatable bonds is 4. The lowest BCUT2D eigenvalue weighted by atomic mass is 9.82. The maximum absolute atomic E-state index is 13.0. The third-order valence-corrected chi connectivity index (χ3v) is 6.60. The second-order valence-corrected chi connectivity index (χ2v) is 8.21. The summed E-state index contributed by atoms with van der Waals surface area (Å²) in [7, 11) is 1.57. The summed E-state index contributed by atoms with van der Waals surface area (Å²) in [5, 5.41) is 2.82. The van der Waals surface area contributed by atoms with E-state index in [0.29, 0.717) is 22.7 Å². The Hall–Kier alpha value is -3.41. The van der Waals surface area contributed by atoms with Gasteiger partial charge in [0.25, 0.3) is 5.91 Å². The van der Waals surface area contributed by atoms with Crippen molar-refractivity contribution in [1.29, 1.82) is 0 Å². The molecule has 4 atom stereocenters. The SMILES string of the molecule is COc1cccc(NC(=O)c2ccc(N3C(=O)[C@@H]4[C@@H](C3=O)[C@H]3C=C(C)[C@H]4C3)cc2)c1. The molecule has 5 rings (SSSR count). The van der Waals surface area contributed by atoms with Crippen molar-refractivity contribution in [2.75, 3.05) is 17.3 Å². The van der Waals surface area contributed by atoms with Gasteiger partial charge in [0.05, 0.1) is 24.6 Å².